The highest BCUT2D eigenvalue weighted by Crippen LogP contribution is 2.14. The first kappa shape index (κ1) is 14.6. The minimum atomic E-state index is -0.516. The van der Waals surface area contributed by atoms with E-state index in [1.54, 1.807) is 42.5 Å². The van der Waals surface area contributed by atoms with Crippen molar-refractivity contribution < 1.29 is 14.3 Å². The summed E-state index contributed by atoms with van der Waals surface area (Å²) in [7, 11) is 0. The molecule has 0 aliphatic heterocycles. The van der Waals surface area contributed by atoms with Gasteiger partial charge in [-0.3, -0.25) is 4.79 Å². The maximum atomic E-state index is 11.9. The first-order valence-corrected chi connectivity index (χ1v) is 6.39. The molecule has 2 aromatic rings. The van der Waals surface area contributed by atoms with Gasteiger partial charge in [0, 0.05) is 11.3 Å². The number of esters is 1. The number of nitrogens with two attached hydrogens (primary N) is 2. The summed E-state index contributed by atoms with van der Waals surface area (Å²) >= 11 is 0. The van der Waals surface area contributed by atoms with Crippen molar-refractivity contribution in [2.45, 2.75) is 13.5 Å². The third kappa shape index (κ3) is 3.60. The summed E-state index contributed by atoms with van der Waals surface area (Å²) in [4.78, 5) is 23.0. The molecule has 0 heterocycles. The van der Waals surface area contributed by atoms with Crippen molar-refractivity contribution in [3.63, 3.8) is 0 Å². The molecule has 108 valence electrons. The molecule has 0 bridgehead atoms. The number of amides is 1. The van der Waals surface area contributed by atoms with Gasteiger partial charge in [0.2, 0.25) is 5.91 Å². The highest BCUT2D eigenvalue weighted by molar-refractivity contribution is 5.93. The number of hydrogen-bond donors (Lipinski definition) is 2. The van der Waals surface area contributed by atoms with Gasteiger partial charge in [-0.1, -0.05) is 12.1 Å². The molecule has 0 aromatic heterocycles. The second-order valence-electron chi connectivity index (χ2n) is 4.71. The van der Waals surface area contributed by atoms with Crippen LogP contribution >= 0.6 is 0 Å². The Morgan fingerprint density at radius 1 is 1.10 bits per heavy atom. The molecule has 21 heavy (non-hydrogen) atoms. The second-order valence-corrected chi connectivity index (χ2v) is 4.71. The number of primary amides is 1. The molecule has 0 fully saturated rings. The summed E-state index contributed by atoms with van der Waals surface area (Å²) in [6, 6.07) is 11.6. The van der Waals surface area contributed by atoms with E-state index in [9.17, 15) is 9.59 Å². The number of aryl methyl sites for hydroxylation is 1. The van der Waals surface area contributed by atoms with Gasteiger partial charge in [-0.2, -0.15) is 0 Å². The van der Waals surface area contributed by atoms with E-state index >= 15 is 0 Å². The number of benzene rings is 2. The predicted octanol–water partition coefficient (Wildman–Crippen LogP) is 2.03. The third-order valence-electron chi connectivity index (χ3n) is 3.09. The smallest absolute Gasteiger partial charge is 0.338 e. The lowest BCUT2D eigenvalue weighted by Crippen LogP contribution is -2.11. The van der Waals surface area contributed by atoms with Crippen LogP contribution in [0.4, 0.5) is 5.69 Å². The number of carbonyl (C=O) groups excluding carboxylic acids is 2. The molecular formula is C16H16N2O3. The van der Waals surface area contributed by atoms with Gasteiger partial charge < -0.3 is 16.2 Å². The summed E-state index contributed by atoms with van der Waals surface area (Å²) in [5, 5.41) is 0. The fraction of sp³-hybridized carbons (Fsp3) is 0.125. The van der Waals surface area contributed by atoms with Crippen LogP contribution in [0.2, 0.25) is 0 Å². The van der Waals surface area contributed by atoms with Crippen LogP contribution in [0.15, 0.2) is 42.5 Å². The van der Waals surface area contributed by atoms with E-state index in [1.165, 1.54) is 0 Å². The fourth-order valence-electron chi connectivity index (χ4n) is 1.85. The molecule has 2 aromatic carbocycles. The van der Waals surface area contributed by atoms with Crippen molar-refractivity contribution in [2.75, 3.05) is 5.73 Å². The van der Waals surface area contributed by atoms with E-state index in [2.05, 4.69) is 0 Å². The number of hydrogen-bond acceptors (Lipinski definition) is 4. The molecule has 0 aliphatic rings. The lowest BCUT2D eigenvalue weighted by atomic mass is 10.1. The van der Waals surface area contributed by atoms with Gasteiger partial charge >= 0.3 is 5.97 Å². The first-order valence-electron chi connectivity index (χ1n) is 6.39. The quantitative estimate of drug-likeness (QED) is 0.663. The van der Waals surface area contributed by atoms with Gasteiger partial charge in [0.15, 0.2) is 0 Å². The van der Waals surface area contributed by atoms with E-state index in [0.717, 1.165) is 5.56 Å². The van der Waals surface area contributed by atoms with Crippen molar-refractivity contribution in [1.29, 1.82) is 0 Å². The molecule has 0 aliphatic carbocycles. The lowest BCUT2D eigenvalue weighted by molar-refractivity contribution is 0.0472. The zero-order valence-corrected chi connectivity index (χ0v) is 11.6. The molecule has 4 N–H and O–H groups in total. The Morgan fingerprint density at radius 2 is 1.86 bits per heavy atom. The minimum absolute atomic E-state index is 0.0728. The summed E-state index contributed by atoms with van der Waals surface area (Å²) in [5.74, 6) is -0.958. The number of ether oxygens (including phenoxy) is 1. The van der Waals surface area contributed by atoms with Crippen LogP contribution < -0.4 is 11.5 Å². The molecule has 0 saturated heterocycles. The van der Waals surface area contributed by atoms with Crippen LogP contribution in [-0.4, -0.2) is 11.9 Å². The van der Waals surface area contributed by atoms with E-state index in [4.69, 9.17) is 16.2 Å². The fourth-order valence-corrected chi connectivity index (χ4v) is 1.85. The molecule has 0 saturated carbocycles. The average molecular weight is 284 g/mol. The maximum absolute atomic E-state index is 11.9. The number of nitrogen functional groups attached to an aromatic ring is 1. The molecule has 5 heteroatoms. The Labute approximate surface area is 122 Å². The van der Waals surface area contributed by atoms with Crippen LogP contribution in [0.25, 0.3) is 0 Å². The molecule has 0 spiro atoms. The van der Waals surface area contributed by atoms with Crippen LogP contribution in [-0.2, 0) is 11.3 Å². The van der Waals surface area contributed by atoms with Gasteiger partial charge in [0.1, 0.15) is 6.61 Å². The molecule has 0 unspecified atom stereocenters. The lowest BCUT2D eigenvalue weighted by Gasteiger charge is -2.07. The van der Waals surface area contributed by atoms with Crippen LogP contribution in [0, 0.1) is 6.92 Å². The zero-order valence-electron chi connectivity index (χ0n) is 11.6. The third-order valence-corrected chi connectivity index (χ3v) is 3.09. The van der Waals surface area contributed by atoms with Crippen LogP contribution in [0.1, 0.15) is 31.8 Å². The molecule has 5 nitrogen and oxygen atoms in total. The van der Waals surface area contributed by atoms with Crippen molar-refractivity contribution in [3.05, 3.63) is 64.7 Å². The Morgan fingerprint density at radius 3 is 2.52 bits per heavy atom. The minimum Gasteiger partial charge on any atom is -0.457 e. The van der Waals surface area contributed by atoms with E-state index in [0.29, 0.717) is 22.4 Å². The molecule has 0 radical (unpaired) electrons. The average Bonchev–Trinajstić information content (AvgIpc) is 2.48. The monoisotopic (exact) mass is 284 g/mol. The molecule has 0 atom stereocenters. The highest BCUT2D eigenvalue weighted by atomic mass is 16.5. The zero-order chi connectivity index (χ0) is 15.4. The van der Waals surface area contributed by atoms with E-state index < -0.39 is 11.9 Å². The van der Waals surface area contributed by atoms with Crippen molar-refractivity contribution >= 4 is 17.6 Å². The molecule has 2 rings (SSSR count). The van der Waals surface area contributed by atoms with Crippen molar-refractivity contribution in [1.82, 2.24) is 0 Å². The molecular weight excluding hydrogens is 268 g/mol. The van der Waals surface area contributed by atoms with Crippen molar-refractivity contribution in [3.8, 4) is 0 Å². The summed E-state index contributed by atoms with van der Waals surface area (Å²) in [6.07, 6.45) is 0. The SMILES string of the molecule is Cc1cc(C(=O)OCc2cccc(C(N)=O)c2)ccc1N. The van der Waals surface area contributed by atoms with E-state index in [-0.39, 0.29) is 6.61 Å². The number of anilines is 1. The summed E-state index contributed by atoms with van der Waals surface area (Å²) < 4.78 is 5.21. The van der Waals surface area contributed by atoms with Gasteiger partial charge in [0.25, 0.3) is 0 Å². The Kier molecular flexibility index (Phi) is 4.23. The van der Waals surface area contributed by atoms with Gasteiger partial charge in [-0.25, -0.2) is 4.79 Å². The maximum Gasteiger partial charge on any atom is 0.338 e. The van der Waals surface area contributed by atoms with Gasteiger partial charge in [-0.15, -0.1) is 0 Å². The number of rotatable bonds is 4. The normalized spacial score (nSPS) is 10.1. The standard InChI is InChI=1S/C16H16N2O3/c1-10-7-13(5-6-14(10)17)16(20)21-9-11-3-2-4-12(8-11)15(18)19/h2-8H,9,17H2,1H3,(H2,18,19). The van der Waals surface area contributed by atoms with E-state index in [1.807, 2.05) is 6.92 Å². The topological polar surface area (TPSA) is 95.4 Å². The first-order chi connectivity index (χ1) is 9.97. The summed E-state index contributed by atoms with van der Waals surface area (Å²) in [5.41, 5.74) is 13.9. The van der Waals surface area contributed by atoms with Crippen LogP contribution in [0.5, 0.6) is 0 Å². The summed E-state index contributed by atoms with van der Waals surface area (Å²) in [6.45, 7) is 1.89. The van der Waals surface area contributed by atoms with Gasteiger partial charge in [-0.05, 0) is 48.4 Å². The van der Waals surface area contributed by atoms with Gasteiger partial charge in [0.05, 0.1) is 5.56 Å². The Balaban J connectivity index is 2.05. The molecule has 1 amide bonds. The van der Waals surface area contributed by atoms with Crippen LogP contribution in [0.3, 0.4) is 0 Å². The second kappa shape index (κ2) is 6.09. The van der Waals surface area contributed by atoms with Crippen molar-refractivity contribution in [2.24, 2.45) is 5.73 Å². The Hall–Kier alpha value is -2.82. The number of carbonyl (C=O) groups is 2. The predicted molar refractivity (Wildman–Crippen MR) is 79.7 cm³/mol. The Bertz CT molecular complexity index is 696. The highest BCUT2D eigenvalue weighted by Gasteiger charge is 2.09. The largest absolute Gasteiger partial charge is 0.457 e.